The van der Waals surface area contributed by atoms with E-state index in [0.717, 1.165) is 0 Å². The Balaban J connectivity index is 2.03. The first-order valence-corrected chi connectivity index (χ1v) is 6.28. The van der Waals surface area contributed by atoms with Crippen LogP contribution < -0.4 is 14.9 Å². The van der Waals surface area contributed by atoms with Crippen LogP contribution >= 0.6 is 0 Å². The second-order valence-electron chi connectivity index (χ2n) is 4.40. The number of hydrogen-bond acceptors (Lipinski definition) is 4. The Morgan fingerprint density at radius 3 is 2.86 bits per heavy atom. The van der Waals surface area contributed by atoms with E-state index in [1.807, 2.05) is 0 Å². The van der Waals surface area contributed by atoms with Crippen LogP contribution in [0.25, 0.3) is 17.0 Å². The third-order valence-corrected chi connectivity index (χ3v) is 3.02. The van der Waals surface area contributed by atoms with Crippen LogP contribution in [0.5, 0.6) is 11.5 Å². The highest BCUT2D eigenvalue weighted by Gasteiger charge is 2.09. The predicted molar refractivity (Wildman–Crippen MR) is 74.9 cm³/mol. The second-order valence-corrected chi connectivity index (χ2v) is 4.40. The van der Waals surface area contributed by atoms with Gasteiger partial charge in [-0.15, -0.1) is 0 Å². The molecule has 1 N–H and O–H groups in total. The molecule has 3 rings (SSSR count). The number of alkyl halides is 2. The summed E-state index contributed by atoms with van der Waals surface area (Å²) in [6.45, 7) is -2.89. The van der Waals surface area contributed by atoms with Gasteiger partial charge >= 0.3 is 6.61 Å². The Morgan fingerprint density at radius 2 is 2.14 bits per heavy atom. The monoisotopic (exact) mass is 307 g/mol. The summed E-state index contributed by atoms with van der Waals surface area (Å²) in [6, 6.07) is 5.74. The fourth-order valence-electron chi connectivity index (χ4n) is 2.02. The number of nitrogens with zero attached hydrogens (tertiary/aromatic N) is 2. The molecule has 1 aromatic carbocycles. The zero-order valence-corrected chi connectivity index (χ0v) is 11.4. The van der Waals surface area contributed by atoms with Gasteiger partial charge in [0.2, 0.25) is 11.4 Å². The third-order valence-electron chi connectivity index (χ3n) is 3.02. The Labute approximate surface area is 122 Å². The molecule has 22 heavy (non-hydrogen) atoms. The van der Waals surface area contributed by atoms with Gasteiger partial charge in [-0.2, -0.15) is 8.78 Å². The summed E-state index contributed by atoms with van der Waals surface area (Å²) >= 11 is 0. The minimum absolute atomic E-state index is 0.0372. The van der Waals surface area contributed by atoms with Crippen LogP contribution in [-0.2, 0) is 0 Å². The molecule has 0 fully saturated rings. The van der Waals surface area contributed by atoms with Crippen LogP contribution in [0.1, 0.15) is 0 Å². The molecule has 6 nitrogen and oxygen atoms in total. The van der Waals surface area contributed by atoms with Gasteiger partial charge in [-0.3, -0.25) is 9.36 Å². The van der Waals surface area contributed by atoms with Crippen LogP contribution in [0, 0.1) is 0 Å². The molecule has 0 atom stereocenters. The Hall–Kier alpha value is -2.90. The number of halogens is 2. The van der Waals surface area contributed by atoms with Crippen LogP contribution in [0.2, 0.25) is 0 Å². The fourth-order valence-corrected chi connectivity index (χ4v) is 2.02. The molecule has 0 amide bonds. The Kier molecular flexibility index (Phi) is 3.50. The molecule has 0 saturated carbocycles. The number of benzene rings is 1. The Bertz CT molecular complexity index is 873. The number of fused-ring (bicyclic) bond motifs is 1. The number of H-pyrrole nitrogens is 1. The summed E-state index contributed by atoms with van der Waals surface area (Å²) in [5.74, 6) is 0.627. The van der Waals surface area contributed by atoms with Gasteiger partial charge < -0.3 is 14.5 Å². The number of rotatable bonds is 4. The van der Waals surface area contributed by atoms with E-state index in [1.54, 1.807) is 10.6 Å². The van der Waals surface area contributed by atoms with Crippen molar-refractivity contribution in [3.63, 3.8) is 0 Å². The molecule has 0 spiro atoms. The molecular weight excluding hydrogens is 296 g/mol. The van der Waals surface area contributed by atoms with Crippen molar-refractivity contribution >= 4 is 11.0 Å². The average molecular weight is 307 g/mol. The molecule has 0 bridgehead atoms. The molecule has 3 aromatic rings. The first-order valence-electron chi connectivity index (χ1n) is 6.28. The van der Waals surface area contributed by atoms with Crippen molar-refractivity contribution < 1.29 is 18.3 Å². The van der Waals surface area contributed by atoms with Gasteiger partial charge in [-0.25, -0.2) is 4.98 Å². The second kappa shape index (κ2) is 5.47. The first kappa shape index (κ1) is 14.1. The van der Waals surface area contributed by atoms with Crippen molar-refractivity contribution in [3.8, 4) is 17.4 Å². The van der Waals surface area contributed by atoms with Crippen molar-refractivity contribution in [2.75, 3.05) is 7.11 Å². The topological polar surface area (TPSA) is 69.1 Å². The smallest absolute Gasteiger partial charge is 0.387 e. The standard InChI is InChI=1S/C14H11F2N3O3/c1-21-12-7-19(5-4-11(12)20)14-17-9-3-2-8(22-13(15)16)6-10(9)18-14/h2-7,13H,1H3,(H,17,18). The van der Waals surface area contributed by atoms with Crippen LogP contribution in [0.15, 0.2) is 41.5 Å². The highest BCUT2D eigenvalue weighted by Crippen LogP contribution is 2.22. The highest BCUT2D eigenvalue weighted by molar-refractivity contribution is 5.77. The van der Waals surface area contributed by atoms with E-state index in [1.165, 1.54) is 37.7 Å². The van der Waals surface area contributed by atoms with Crippen LogP contribution in [0.3, 0.4) is 0 Å². The summed E-state index contributed by atoms with van der Waals surface area (Å²) in [4.78, 5) is 18.8. The van der Waals surface area contributed by atoms with Crippen molar-refractivity contribution in [2.45, 2.75) is 6.61 Å². The molecule has 0 unspecified atom stereocenters. The Morgan fingerprint density at radius 1 is 1.32 bits per heavy atom. The number of imidazole rings is 1. The van der Waals surface area contributed by atoms with Gasteiger partial charge in [0.15, 0.2) is 5.75 Å². The van der Waals surface area contributed by atoms with Crippen molar-refractivity contribution in [3.05, 3.63) is 46.9 Å². The van der Waals surface area contributed by atoms with E-state index in [2.05, 4.69) is 14.7 Å². The van der Waals surface area contributed by atoms with E-state index in [4.69, 9.17) is 4.74 Å². The molecule has 8 heteroatoms. The largest absolute Gasteiger partial charge is 0.491 e. The predicted octanol–water partition coefficient (Wildman–Crippen LogP) is 2.32. The minimum atomic E-state index is -2.89. The summed E-state index contributed by atoms with van der Waals surface area (Å²) in [5, 5.41) is 0. The zero-order valence-electron chi connectivity index (χ0n) is 11.4. The number of hydrogen-bond donors (Lipinski definition) is 1. The summed E-state index contributed by atoms with van der Waals surface area (Å²) in [6.07, 6.45) is 3.01. The lowest BCUT2D eigenvalue weighted by molar-refractivity contribution is -0.0497. The minimum Gasteiger partial charge on any atom is -0.491 e. The maximum atomic E-state index is 12.2. The lowest BCUT2D eigenvalue weighted by atomic mass is 10.3. The van der Waals surface area contributed by atoms with Crippen molar-refractivity contribution in [2.24, 2.45) is 0 Å². The van der Waals surface area contributed by atoms with E-state index in [-0.39, 0.29) is 16.9 Å². The van der Waals surface area contributed by atoms with Crippen molar-refractivity contribution in [1.29, 1.82) is 0 Å². The first-order chi connectivity index (χ1) is 10.6. The number of pyridine rings is 1. The quantitative estimate of drug-likeness (QED) is 0.803. The normalized spacial score (nSPS) is 11.1. The molecule has 0 aliphatic carbocycles. The molecule has 2 heterocycles. The maximum Gasteiger partial charge on any atom is 0.387 e. The van der Waals surface area contributed by atoms with Gasteiger partial charge in [0.25, 0.3) is 0 Å². The van der Waals surface area contributed by atoms with E-state index in [0.29, 0.717) is 17.0 Å². The molecule has 0 aliphatic heterocycles. The highest BCUT2D eigenvalue weighted by atomic mass is 19.3. The number of ether oxygens (including phenoxy) is 2. The third kappa shape index (κ3) is 2.62. The van der Waals surface area contributed by atoms with Gasteiger partial charge in [-0.05, 0) is 12.1 Å². The average Bonchev–Trinajstić information content (AvgIpc) is 2.90. The maximum absolute atomic E-state index is 12.2. The molecule has 0 aliphatic rings. The van der Waals surface area contributed by atoms with Crippen molar-refractivity contribution in [1.82, 2.24) is 14.5 Å². The van der Waals surface area contributed by atoms with Crippen LogP contribution in [0.4, 0.5) is 8.78 Å². The lowest BCUT2D eigenvalue weighted by Gasteiger charge is -2.04. The van der Waals surface area contributed by atoms with Gasteiger partial charge in [0.1, 0.15) is 5.75 Å². The fraction of sp³-hybridized carbons (Fsp3) is 0.143. The zero-order chi connectivity index (χ0) is 15.7. The van der Waals surface area contributed by atoms with Gasteiger partial charge in [-0.1, -0.05) is 0 Å². The lowest BCUT2D eigenvalue weighted by Crippen LogP contribution is -2.08. The number of aromatic amines is 1. The van der Waals surface area contributed by atoms with Gasteiger partial charge in [0.05, 0.1) is 24.3 Å². The van der Waals surface area contributed by atoms with E-state index in [9.17, 15) is 13.6 Å². The molecule has 0 saturated heterocycles. The summed E-state index contributed by atoms with van der Waals surface area (Å²) < 4.78 is 35.3. The number of methoxy groups -OCH3 is 1. The molecular formula is C14H11F2N3O3. The molecule has 0 radical (unpaired) electrons. The van der Waals surface area contributed by atoms with Crippen LogP contribution in [-0.4, -0.2) is 28.3 Å². The summed E-state index contributed by atoms with van der Waals surface area (Å²) in [5.41, 5.74) is 0.864. The van der Waals surface area contributed by atoms with Gasteiger partial charge in [0, 0.05) is 18.3 Å². The molecule has 2 aromatic heterocycles. The van der Waals surface area contributed by atoms with E-state index >= 15 is 0 Å². The SMILES string of the molecule is COc1cn(-c2nc3ccc(OC(F)F)cc3[nH]2)ccc1=O. The van der Waals surface area contributed by atoms with E-state index < -0.39 is 6.61 Å². The molecule has 114 valence electrons. The summed E-state index contributed by atoms with van der Waals surface area (Å²) in [7, 11) is 1.40. The number of nitrogens with one attached hydrogen (secondary N) is 1. The number of aromatic nitrogens is 3.